The van der Waals surface area contributed by atoms with Gasteiger partial charge in [0.2, 0.25) is 0 Å². The lowest BCUT2D eigenvalue weighted by Crippen LogP contribution is -2.39. The molecule has 1 heterocycles. The number of aromatic nitrogens is 2. The highest BCUT2D eigenvalue weighted by Gasteiger charge is 2.16. The minimum atomic E-state index is -0.402. The molecule has 0 N–H and O–H groups in total. The Morgan fingerprint density at radius 1 is 0.700 bits per heavy atom. The van der Waals surface area contributed by atoms with E-state index in [4.69, 9.17) is 0 Å². The Hall–Kier alpha value is -3.72. The van der Waals surface area contributed by atoms with Crippen molar-refractivity contribution < 1.29 is 0 Å². The zero-order chi connectivity index (χ0) is 22.0. The number of benzene rings is 2. The van der Waals surface area contributed by atoms with Crippen LogP contribution in [0.25, 0.3) is 11.1 Å². The molecule has 30 heavy (non-hydrogen) atoms. The van der Waals surface area contributed by atoms with Crippen LogP contribution in [-0.4, -0.2) is 37.3 Å². The Bertz CT molecular complexity index is 1240. The van der Waals surface area contributed by atoms with Crippen LogP contribution in [0.2, 0.25) is 0 Å². The standard InChI is InChI=1S/C24H26N4O2/c1-25(2)19-12-7-17(8-13-19)9-16-21-22(23(29)28(6)24(30)27(21)5)18-10-14-20(15-11-18)26(3)4/h7-8,10-15H,1-6H3. The van der Waals surface area contributed by atoms with Crippen LogP contribution < -0.4 is 21.0 Å². The van der Waals surface area contributed by atoms with Crippen LogP contribution in [0.4, 0.5) is 11.4 Å². The molecule has 0 fully saturated rings. The van der Waals surface area contributed by atoms with E-state index in [1.807, 2.05) is 86.5 Å². The minimum Gasteiger partial charge on any atom is -0.378 e. The molecular formula is C24H26N4O2. The van der Waals surface area contributed by atoms with Gasteiger partial charge in [-0.15, -0.1) is 0 Å². The molecular weight excluding hydrogens is 376 g/mol. The molecule has 6 nitrogen and oxygen atoms in total. The highest BCUT2D eigenvalue weighted by atomic mass is 16.2. The van der Waals surface area contributed by atoms with Gasteiger partial charge in [-0.2, -0.15) is 0 Å². The molecule has 0 aliphatic carbocycles. The fourth-order valence-electron chi connectivity index (χ4n) is 3.15. The first-order valence-corrected chi connectivity index (χ1v) is 9.58. The zero-order valence-corrected chi connectivity index (χ0v) is 18.2. The van der Waals surface area contributed by atoms with Gasteiger partial charge < -0.3 is 9.80 Å². The van der Waals surface area contributed by atoms with Crippen LogP contribution in [0, 0.1) is 11.8 Å². The van der Waals surface area contributed by atoms with Crippen molar-refractivity contribution in [3.63, 3.8) is 0 Å². The van der Waals surface area contributed by atoms with Crippen LogP contribution in [0.15, 0.2) is 58.1 Å². The summed E-state index contributed by atoms with van der Waals surface area (Å²) in [6, 6.07) is 15.5. The number of hydrogen-bond acceptors (Lipinski definition) is 4. The van der Waals surface area contributed by atoms with Gasteiger partial charge in [0.15, 0.2) is 0 Å². The lowest BCUT2D eigenvalue weighted by Gasteiger charge is -2.14. The van der Waals surface area contributed by atoms with Crippen LogP contribution in [0.1, 0.15) is 11.3 Å². The van der Waals surface area contributed by atoms with Crippen LogP contribution >= 0.6 is 0 Å². The third-order valence-electron chi connectivity index (χ3n) is 5.05. The van der Waals surface area contributed by atoms with Crippen molar-refractivity contribution in [2.45, 2.75) is 0 Å². The SMILES string of the molecule is CN(C)c1ccc(C#Cc2c(-c3ccc(N(C)C)cc3)c(=O)n(C)c(=O)n2C)cc1. The van der Waals surface area contributed by atoms with E-state index in [0.717, 1.165) is 27.1 Å². The number of anilines is 2. The molecule has 0 saturated heterocycles. The molecule has 154 valence electrons. The van der Waals surface area contributed by atoms with Crippen LogP contribution in [0.3, 0.4) is 0 Å². The average molecular weight is 402 g/mol. The van der Waals surface area contributed by atoms with Gasteiger partial charge in [0.05, 0.1) is 5.56 Å². The predicted octanol–water partition coefficient (Wildman–Crippen LogP) is 2.28. The first-order valence-electron chi connectivity index (χ1n) is 9.58. The maximum absolute atomic E-state index is 13.0. The van der Waals surface area contributed by atoms with Crippen molar-refractivity contribution >= 4 is 11.4 Å². The summed E-state index contributed by atoms with van der Waals surface area (Å²) in [5.41, 5.74) is 3.69. The Labute approximate surface area is 176 Å². The molecule has 0 unspecified atom stereocenters. The van der Waals surface area contributed by atoms with Gasteiger partial charge in [-0.1, -0.05) is 18.1 Å². The summed E-state index contributed by atoms with van der Waals surface area (Å²) >= 11 is 0. The van der Waals surface area contributed by atoms with Gasteiger partial charge in [-0.05, 0) is 47.9 Å². The second-order valence-electron chi connectivity index (χ2n) is 7.56. The molecule has 0 spiro atoms. The van der Waals surface area contributed by atoms with Gasteiger partial charge in [0.1, 0.15) is 5.69 Å². The summed E-state index contributed by atoms with van der Waals surface area (Å²) < 4.78 is 2.55. The van der Waals surface area contributed by atoms with Gasteiger partial charge in [0.25, 0.3) is 5.56 Å². The van der Waals surface area contributed by atoms with E-state index in [0.29, 0.717) is 11.3 Å². The number of hydrogen-bond donors (Lipinski definition) is 0. The lowest BCUT2D eigenvalue weighted by atomic mass is 10.0. The number of nitrogens with zero attached hydrogens (tertiary/aromatic N) is 4. The van der Waals surface area contributed by atoms with E-state index in [-0.39, 0.29) is 5.56 Å². The highest BCUT2D eigenvalue weighted by Crippen LogP contribution is 2.22. The summed E-state index contributed by atoms with van der Waals surface area (Å²) in [5.74, 6) is 6.16. The molecule has 2 aromatic carbocycles. The molecule has 0 bridgehead atoms. The number of rotatable bonds is 3. The quantitative estimate of drug-likeness (QED) is 0.631. The summed E-state index contributed by atoms with van der Waals surface area (Å²) in [7, 11) is 11.0. The van der Waals surface area contributed by atoms with Gasteiger partial charge in [0, 0.05) is 59.2 Å². The molecule has 1 aromatic heterocycles. The maximum atomic E-state index is 13.0. The summed E-state index contributed by atoms with van der Waals surface area (Å²) in [6.07, 6.45) is 0. The third kappa shape index (κ3) is 4.01. The second kappa shape index (κ2) is 8.34. The fourth-order valence-corrected chi connectivity index (χ4v) is 3.15. The van der Waals surface area contributed by atoms with E-state index >= 15 is 0 Å². The van der Waals surface area contributed by atoms with Gasteiger partial charge in [-0.25, -0.2) is 4.79 Å². The average Bonchev–Trinajstić information content (AvgIpc) is 2.74. The monoisotopic (exact) mass is 402 g/mol. The largest absolute Gasteiger partial charge is 0.378 e. The van der Waals surface area contributed by atoms with Crippen molar-refractivity contribution in [2.75, 3.05) is 38.0 Å². The van der Waals surface area contributed by atoms with E-state index < -0.39 is 5.69 Å². The normalized spacial score (nSPS) is 10.3. The Morgan fingerprint density at radius 2 is 1.20 bits per heavy atom. The molecule has 3 rings (SSSR count). The first kappa shape index (κ1) is 21.0. The van der Waals surface area contributed by atoms with Crippen molar-refractivity contribution in [1.29, 1.82) is 0 Å². The minimum absolute atomic E-state index is 0.358. The van der Waals surface area contributed by atoms with Crippen molar-refractivity contribution in [3.05, 3.63) is 80.6 Å². The Morgan fingerprint density at radius 3 is 1.70 bits per heavy atom. The van der Waals surface area contributed by atoms with E-state index in [1.165, 1.54) is 11.6 Å². The topological polar surface area (TPSA) is 50.5 Å². The molecule has 0 aliphatic rings. The maximum Gasteiger partial charge on any atom is 0.331 e. The first-order chi connectivity index (χ1) is 14.2. The van der Waals surface area contributed by atoms with Crippen molar-refractivity contribution in [2.24, 2.45) is 14.1 Å². The third-order valence-corrected chi connectivity index (χ3v) is 5.05. The molecule has 0 amide bonds. The second-order valence-corrected chi connectivity index (χ2v) is 7.56. The zero-order valence-electron chi connectivity index (χ0n) is 18.2. The Balaban J connectivity index is 2.17. The highest BCUT2D eigenvalue weighted by molar-refractivity contribution is 5.71. The van der Waals surface area contributed by atoms with Gasteiger partial charge >= 0.3 is 5.69 Å². The van der Waals surface area contributed by atoms with E-state index in [9.17, 15) is 9.59 Å². The van der Waals surface area contributed by atoms with Gasteiger partial charge in [-0.3, -0.25) is 13.9 Å². The summed E-state index contributed by atoms with van der Waals surface area (Å²) in [4.78, 5) is 29.5. The summed E-state index contributed by atoms with van der Waals surface area (Å²) in [5, 5.41) is 0. The van der Waals surface area contributed by atoms with Crippen molar-refractivity contribution in [3.8, 4) is 23.0 Å². The van der Waals surface area contributed by atoms with E-state index in [1.54, 1.807) is 7.05 Å². The lowest BCUT2D eigenvalue weighted by molar-refractivity contribution is 0.682. The predicted molar refractivity (Wildman–Crippen MR) is 123 cm³/mol. The molecule has 0 aliphatic heterocycles. The van der Waals surface area contributed by atoms with Crippen LogP contribution in [0.5, 0.6) is 0 Å². The Kier molecular flexibility index (Phi) is 5.84. The smallest absolute Gasteiger partial charge is 0.331 e. The molecule has 6 heteroatoms. The molecule has 0 radical (unpaired) electrons. The summed E-state index contributed by atoms with van der Waals surface area (Å²) in [6.45, 7) is 0. The fraction of sp³-hybridized carbons (Fsp3) is 0.250. The molecule has 0 atom stereocenters. The molecule has 0 saturated carbocycles. The van der Waals surface area contributed by atoms with Crippen LogP contribution in [-0.2, 0) is 14.1 Å². The van der Waals surface area contributed by atoms with E-state index in [2.05, 4.69) is 11.8 Å². The van der Waals surface area contributed by atoms with Crippen molar-refractivity contribution in [1.82, 2.24) is 9.13 Å². The molecule has 3 aromatic rings.